The van der Waals surface area contributed by atoms with Gasteiger partial charge in [0, 0.05) is 25.7 Å². The molecule has 1 aliphatic rings. The molecule has 1 aliphatic heterocycles. The normalized spacial score (nSPS) is 17.0. The zero-order valence-electron chi connectivity index (χ0n) is 15.3. The molecule has 0 saturated carbocycles. The maximum absolute atomic E-state index is 12.0. The van der Waals surface area contributed by atoms with Gasteiger partial charge in [0.25, 0.3) is 0 Å². The summed E-state index contributed by atoms with van der Waals surface area (Å²) in [5.41, 5.74) is 2.41. The number of benzene rings is 2. The van der Waals surface area contributed by atoms with Gasteiger partial charge in [-0.1, -0.05) is 48.5 Å². The van der Waals surface area contributed by atoms with Crippen LogP contribution in [0.15, 0.2) is 54.6 Å². The van der Waals surface area contributed by atoms with Crippen LogP contribution >= 0.6 is 0 Å². The van der Waals surface area contributed by atoms with E-state index in [4.69, 9.17) is 4.74 Å². The van der Waals surface area contributed by atoms with Crippen molar-refractivity contribution in [3.63, 3.8) is 0 Å². The largest absolute Gasteiger partial charge is 0.491 e. The fourth-order valence-corrected chi connectivity index (χ4v) is 3.22. The molecule has 2 aromatic carbocycles. The van der Waals surface area contributed by atoms with Gasteiger partial charge in [0.1, 0.15) is 12.4 Å². The van der Waals surface area contributed by atoms with Crippen LogP contribution in [0.1, 0.15) is 17.5 Å². The molecule has 2 N–H and O–H groups in total. The molecular weight excluding hydrogens is 326 g/mol. The number of likely N-dealkylation sites (tertiary alicyclic amines) is 1. The fourth-order valence-electron chi connectivity index (χ4n) is 3.22. The number of nitrogens with one attached hydrogen (secondary N) is 2. The van der Waals surface area contributed by atoms with Gasteiger partial charge in [-0.25, -0.2) is 4.79 Å². The van der Waals surface area contributed by atoms with Crippen molar-refractivity contribution in [2.45, 2.75) is 25.9 Å². The summed E-state index contributed by atoms with van der Waals surface area (Å²) in [6, 6.07) is 18.4. The van der Waals surface area contributed by atoms with Crippen LogP contribution in [0, 0.1) is 6.92 Å². The molecule has 2 aromatic rings. The monoisotopic (exact) mass is 353 g/mol. The molecule has 1 fully saturated rings. The molecule has 0 aromatic heterocycles. The summed E-state index contributed by atoms with van der Waals surface area (Å²) in [7, 11) is 0. The van der Waals surface area contributed by atoms with Gasteiger partial charge in [-0.3, -0.25) is 4.90 Å². The Morgan fingerprint density at radius 1 is 1.15 bits per heavy atom. The summed E-state index contributed by atoms with van der Waals surface area (Å²) in [6.45, 7) is 5.80. The number of nitrogens with zero attached hydrogens (tertiary/aromatic N) is 1. The van der Waals surface area contributed by atoms with Crippen LogP contribution in [0.4, 0.5) is 4.79 Å². The average Bonchev–Trinajstić information content (AvgIpc) is 3.07. The molecule has 2 amide bonds. The van der Waals surface area contributed by atoms with Crippen molar-refractivity contribution >= 4 is 6.03 Å². The number of carbonyl (C=O) groups excluding carboxylic acids is 1. The maximum Gasteiger partial charge on any atom is 0.315 e. The summed E-state index contributed by atoms with van der Waals surface area (Å²) < 4.78 is 5.69. The number of carbonyl (C=O) groups is 1. The third kappa shape index (κ3) is 5.49. The summed E-state index contributed by atoms with van der Waals surface area (Å²) in [4.78, 5) is 14.4. The molecule has 0 aliphatic carbocycles. The summed E-state index contributed by atoms with van der Waals surface area (Å²) in [6.07, 6.45) is 0.986. The van der Waals surface area contributed by atoms with E-state index in [0.29, 0.717) is 13.2 Å². The van der Waals surface area contributed by atoms with Gasteiger partial charge in [-0.15, -0.1) is 0 Å². The van der Waals surface area contributed by atoms with Crippen molar-refractivity contribution in [1.82, 2.24) is 15.5 Å². The molecule has 26 heavy (non-hydrogen) atoms. The molecule has 5 heteroatoms. The molecule has 0 bridgehead atoms. The molecular formula is C21H27N3O2. The fraction of sp³-hybridized carbons (Fsp3) is 0.381. The number of hydrogen-bond donors (Lipinski definition) is 2. The van der Waals surface area contributed by atoms with Crippen LogP contribution in [0.5, 0.6) is 5.75 Å². The van der Waals surface area contributed by atoms with E-state index in [2.05, 4.69) is 39.8 Å². The van der Waals surface area contributed by atoms with Crippen molar-refractivity contribution in [1.29, 1.82) is 0 Å². The molecule has 1 atom stereocenters. The highest BCUT2D eigenvalue weighted by Gasteiger charge is 2.23. The first-order chi connectivity index (χ1) is 12.7. The van der Waals surface area contributed by atoms with Gasteiger partial charge >= 0.3 is 6.03 Å². The van der Waals surface area contributed by atoms with Crippen molar-refractivity contribution in [3.05, 3.63) is 65.7 Å². The molecule has 3 rings (SSSR count). The van der Waals surface area contributed by atoms with Crippen LogP contribution in [0.2, 0.25) is 0 Å². The first-order valence-electron chi connectivity index (χ1n) is 9.20. The Labute approximate surface area is 155 Å². The predicted octanol–water partition coefficient (Wildman–Crippen LogP) is 2.95. The minimum Gasteiger partial charge on any atom is -0.491 e. The van der Waals surface area contributed by atoms with Crippen LogP contribution < -0.4 is 15.4 Å². The third-order valence-electron chi connectivity index (χ3n) is 4.60. The van der Waals surface area contributed by atoms with Gasteiger partial charge < -0.3 is 15.4 Å². The molecule has 138 valence electrons. The average molecular weight is 353 g/mol. The van der Waals surface area contributed by atoms with Crippen LogP contribution in [-0.4, -0.2) is 43.2 Å². The highest BCUT2D eigenvalue weighted by atomic mass is 16.5. The minimum atomic E-state index is -0.120. The van der Waals surface area contributed by atoms with Crippen molar-refractivity contribution in [2.24, 2.45) is 0 Å². The first kappa shape index (κ1) is 18.3. The number of aryl methyl sites for hydroxylation is 1. The lowest BCUT2D eigenvalue weighted by atomic mass is 10.2. The minimum absolute atomic E-state index is 0.120. The van der Waals surface area contributed by atoms with E-state index in [1.807, 2.05) is 37.3 Å². The lowest BCUT2D eigenvalue weighted by Gasteiger charge is -2.17. The van der Waals surface area contributed by atoms with Crippen molar-refractivity contribution in [3.8, 4) is 5.75 Å². The van der Waals surface area contributed by atoms with Crippen LogP contribution in [0.3, 0.4) is 0 Å². The number of para-hydroxylation sites is 1. The number of rotatable bonds is 7. The van der Waals surface area contributed by atoms with E-state index in [1.165, 1.54) is 5.56 Å². The zero-order valence-corrected chi connectivity index (χ0v) is 15.3. The lowest BCUT2D eigenvalue weighted by Crippen LogP contribution is -2.44. The third-order valence-corrected chi connectivity index (χ3v) is 4.60. The molecule has 1 heterocycles. The molecule has 1 saturated heterocycles. The van der Waals surface area contributed by atoms with Crippen LogP contribution in [0.25, 0.3) is 0 Å². The quantitative estimate of drug-likeness (QED) is 0.753. The van der Waals surface area contributed by atoms with Crippen LogP contribution in [-0.2, 0) is 6.54 Å². The van der Waals surface area contributed by atoms with E-state index in [0.717, 1.165) is 37.4 Å². The van der Waals surface area contributed by atoms with E-state index in [-0.39, 0.29) is 12.1 Å². The van der Waals surface area contributed by atoms with Gasteiger partial charge in [-0.05, 0) is 30.5 Å². The highest BCUT2D eigenvalue weighted by molar-refractivity contribution is 5.74. The Bertz CT molecular complexity index is 705. The second-order valence-electron chi connectivity index (χ2n) is 6.72. The standard InChI is InChI=1S/C21H27N3O2/c1-17-7-5-6-10-20(17)26-14-12-22-21(25)23-19-11-13-24(16-19)15-18-8-3-2-4-9-18/h2-10,19H,11-16H2,1H3,(H2,22,23,25). The Morgan fingerprint density at radius 3 is 2.73 bits per heavy atom. The predicted molar refractivity (Wildman–Crippen MR) is 103 cm³/mol. The topological polar surface area (TPSA) is 53.6 Å². The van der Waals surface area contributed by atoms with Gasteiger partial charge in [-0.2, -0.15) is 0 Å². The molecule has 5 nitrogen and oxygen atoms in total. The zero-order chi connectivity index (χ0) is 18.2. The summed E-state index contributed by atoms with van der Waals surface area (Å²) in [5.74, 6) is 0.863. The Hall–Kier alpha value is -2.53. The van der Waals surface area contributed by atoms with Gasteiger partial charge in [0.2, 0.25) is 0 Å². The number of ether oxygens (including phenoxy) is 1. The Morgan fingerprint density at radius 2 is 1.92 bits per heavy atom. The molecule has 1 unspecified atom stereocenters. The van der Waals surface area contributed by atoms with E-state index in [9.17, 15) is 4.79 Å². The SMILES string of the molecule is Cc1ccccc1OCCNC(=O)NC1CCN(Cc2ccccc2)C1. The van der Waals surface area contributed by atoms with E-state index in [1.54, 1.807) is 0 Å². The lowest BCUT2D eigenvalue weighted by molar-refractivity contribution is 0.232. The maximum atomic E-state index is 12.0. The number of urea groups is 1. The highest BCUT2D eigenvalue weighted by Crippen LogP contribution is 2.15. The smallest absolute Gasteiger partial charge is 0.315 e. The second kappa shape index (κ2) is 9.25. The van der Waals surface area contributed by atoms with Gasteiger partial charge in [0.15, 0.2) is 0 Å². The van der Waals surface area contributed by atoms with Gasteiger partial charge in [0.05, 0.1) is 6.54 Å². The Balaban J connectivity index is 1.32. The van der Waals surface area contributed by atoms with E-state index >= 15 is 0 Å². The summed E-state index contributed by atoms with van der Waals surface area (Å²) >= 11 is 0. The van der Waals surface area contributed by atoms with Crippen molar-refractivity contribution < 1.29 is 9.53 Å². The number of hydrogen-bond acceptors (Lipinski definition) is 3. The Kier molecular flexibility index (Phi) is 6.50. The first-order valence-corrected chi connectivity index (χ1v) is 9.20. The molecule has 0 radical (unpaired) electrons. The summed E-state index contributed by atoms with van der Waals surface area (Å²) in [5, 5.41) is 5.93. The van der Waals surface area contributed by atoms with E-state index < -0.39 is 0 Å². The molecule has 0 spiro atoms. The number of amides is 2. The second-order valence-corrected chi connectivity index (χ2v) is 6.72. The van der Waals surface area contributed by atoms with Crippen molar-refractivity contribution in [2.75, 3.05) is 26.2 Å².